The maximum atomic E-state index is 11.2. The van der Waals surface area contributed by atoms with E-state index in [9.17, 15) is 4.79 Å². The summed E-state index contributed by atoms with van der Waals surface area (Å²) in [5.74, 6) is 2.76. The van der Waals surface area contributed by atoms with E-state index in [-0.39, 0.29) is 5.91 Å². The third-order valence-electron chi connectivity index (χ3n) is 3.53. The number of fused-ring (bicyclic) bond motifs is 1. The van der Waals surface area contributed by atoms with Gasteiger partial charge in [0.2, 0.25) is 5.91 Å². The van der Waals surface area contributed by atoms with Crippen molar-refractivity contribution in [3.05, 3.63) is 0 Å². The molecule has 13 heavy (non-hydrogen) atoms. The summed E-state index contributed by atoms with van der Waals surface area (Å²) in [6.45, 7) is 7.91. The highest BCUT2D eigenvalue weighted by atomic mass is 16.2. The first-order valence-electron chi connectivity index (χ1n) is 5.20. The lowest BCUT2D eigenvalue weighted by Crippen LogP contribution is -2.32. The highest BCUT2D eigenvalue weighted by molar-refractivity contribution is 5.73. The molecule has 74 valence electrons. The maximum Gasteiger partial charge on any atom is 0.219 e. The lowest BCUT2D eigenvalue weighted by molar-refractivity contribution is -0.128. The summed E-state index contributed by atoms with van der Waals surface area (Å²) < 4.78 is 0. The predicted octanol–water partition coefficient (Wildman–Crippen LogP) is 0.320. The lowest BCUT2D eigenvalue weighted by Gasteiger charge is -2.19. The quantitative estimate of drug-likeness (QED) is 0.682. The van der Waals surface area contributed by atoms with Gasteiger partial charge in [0.1, 0.15) is 0 Å². The third kappa shape index (κ3) is 1.57. The summed E-state index contributed by atoms with van der Waals surface area (Å²) in [5.41, 5.74) is 0. The molecule has 1 saturated heterocycles. The Morgan fingerprint density at radius 3 is 2.54 bits per heavy atom. The van der Waals surface area contributed by atoms with Crippen LogP contribution in [0.15, 0.2) is 0 Å². The Balaban J connectivity index is 1.81. The van der Waals surface area contributed by atoms with Crippen LogP contribution in [0.5, 0.6) is 0 Å². The van der Waals surface area contributed by atoms with Crippen molar-refractivity contribution < 1.29 is 4.79 Å². The molecular weight excluding hydrogens is 164 g/mol. The van der Waals surface area contributed by atoms with Crippen molar-refractivity contribution in [1.82, 2.24) is 10.2 Å². The second kappa shape index (κ2) is 3.29. The van der Waals surface area contributed by atoms with Crippen molar-refractivity contribution in [2.24, 2.45) is 17.8 Å². The molecule has 1 aliphatic heterocycles. The molecule has 1 saturated carbocycles. The molecule has 0 aromatic heterocycles. The first-order valence-corrected chi connectivity index (χ1v) is 5.20. The summed E-state index contributed by atoms with van der Waals surface area (Å²) in [6.07, 6.45) is 0. The molecule has 1 N–H and O–H groups in total. The van der Waals surface area contributed by atoms with Gasteiger partial charge in [-0.25, -0.2) is 0 Å². The molecule has 3 nitrogen and oxygen atoms in total. The minimum atomic E-state index is 0.223. The van der Waals surface area contributed by atoms with Crippen LogP contribution in [-0.2, 0) is 4.79 Å². The zero-order valence-electron chi connectivity index (χ0n) is 8.42. The van der Waals surface area contributed by atoms with Gasteiger partial charge in [-0.05, 0) is 37.8 Å². The second-order valence-corrected chi connectivity index (χ2v) is 4.21. The summed E-state index contributed by atoms with van der Waals surface area (Å²) in [5, 5.41) is 3.37. The van der Waals surface area contributed by atoms with Crippen molar-refractivity contribution in [2.75, 3.05) is 26.2 Å². The van der Waals surface area contributed by atoms with Crippen LogP contribution in [0.1, 0.15) is 13.8 Å². The smallest absolute Gasteiger partial charge is 0.219 e. The molecule has 0 radical (unpaired) electrons. The van der Waals surface area contributed by atoms with Crippen LogP contribution in [0.4, 0.5) is 0 Å². The summed E-state index contributed by atoms with van der Waals surface area (Å²) in [4.78, 5) is 13.1. The number of piperidine rings is 1. The zero-order chi connectivity index (χ0) is 9.42. The average Bonchev–Trinajstić information content (AvgIpc) is 2.58. The molecule has 0 bridgehead atoms. The van der Waals surface area contributed by atoms with E-state index in [1.165, 1.54) is 13.1 Å². The van der Waals surface area contributed by atoms with E-state index in [1.54, 1.807) is 6.92 Å². The lowest BCUT2D eigenvalue weighted by atomic mass is 10.2. The zero-order valence-corrected chi connectivity index (χ0v) is 8.42. The molecule has 1 aliphatic carbocycles. The van der Waals surface area contributed by atoms with Gasteiger partial charge in [0, 0.05) is 20.0 Å². The molecule has 2 aliphatic rings. The van der Waals surface area contributed by atoms with Gasteiger partial charge in [0.05, 0.1) is 0 Å². The Kier molecular flexibility index (Phi) is 2.28. The van der Waals surface area contributed by atoms with Crippen molar-refractivity contribution in [2.45, 2.75) is 13.8 Å². The van der Waals surface area contributed by atoms with E-state index >= 15 is 0 Å². The molecule has 0 aromatic rings. The number of hydrogen-bond acceptors (Lipinski definition) is 2. The van der Waals surface area contributed by atoms with E-state index in [1.807, 2.05) is 4.90 Å². The molecule has 3 heteroatoms. The SMILES string of the molecule is CCN(CC1C2CNC[C@@H]21)C(C)=O. The van der Waals surface area contributed by atoms with Gasteiger partial charge in [0.25, 0.3) is 0 Å². The fraction of sp³-hybridized carbons (Fsp3) is 0.900. The van der Waals surface area contributed by atoms with E-state index in [2.05, 4.69) is 12.2 Å². The van der Waals surface area contributed by atoms with E-state index in [0.717, 1.165) is 30.8 Å². The fourth-order valence-electron chi connectivity index (χ4n) is 2.55. The van der Waals surface area contributed by atoms with Crippen LogP contribution >= 0.6 is 0 Å². The largest absolute Gasteiger partial charge is 0.343 e. The van der Waals surface area contributed by atoms with Crippen LogP contribution in [0.25, 0.3) is 0 Å². The number of carbonyl (C=O) groups is 1. The fourth-order valence-corrected chi connectivity index (χ4v) is 2.55. The van der Waals surface area contributed by atoms with Crippen LogP contribution in [0, 0.1) is 17.8 Å². The first kappa shape index (κ1) is 9.00. The standard InChI is InChI=1S/C10H18N2O/c1-3-12(7(2)13)6-10-8-4-11-5-9(8)10/h8-11H,3-6H2,1-2H3/t8-,9?,10?/m0/s1. The molecule has 0 aromatic carbocycles. The molecule has 2 unspecified atom stereocenters. The highest BCUT2D eigenvalue weighted by Gasteiger charge is 2.52. The highest BCUT2D eigenvalue weighted by Crippen LogP contribution is 2.48. The predicted molar refractivity (Wildman–Crippen MR) is 51.3 cm³/mol. The summed E-state index contributed by atoms with van der Waals surface area (Å²) in [6, 6.07) is 0. The molecule has 1 amide bonds. The average molecular weight is 182 g/mol. The topological polar surface area (TPSA) is 32.3 Å². The van der Waals surface area contributed by atoms with Gasteiger partial charge in [-0.2, -0.15) is 0 Å². The number of carbonyl (C=O) groups excluding carboxylic acids is 1. The summed E-state index contributed by atoms with van der Waals surface area (Å²) in [7, 11) is 0. The maximum absolute atomic E-state index is 11.2. The van der Waals surface area contributed by atoms with Crippen LogP contribution in [0.2, 0.25) is 0 Å². The molecule has 2 fully saturated rings. The molecule has 3 atom stereocenters. The minimum Gasteiger partial charge on any atom is -0.343 e. The van der Waals surface area contributed by atoms with Crippen LogP contribution in [0.3, 0.4) is 0 Å². The minimum absolute atomic E-state index is 0.223. The van der Waals surface area contributed by atoms with Crippen molar-refractivity contribution in [1.29, 1.82) is 0 Å². The van der Waals surface area contributed by atoms with E-state index in [0.29, 0.717) is 0 Å². The Morgan fingerprint density at radius 1 is 1.46 bits per heavy atom. The number of nitrogens with zero attached hydrogens (tertiary/aromatic N) is 1. The van der Waals surface area contributed by atoms with Crippen molar-refractivity contribution in [3.8, 4) is 0 Å². The van der Waals surface area contributed by atoms with Gasteiger partial charge in [-0.1, -0.05) is 0 Å². The third-order valence-corrected chi connectivity index (χ3v) is 3.53. The van der Waals surface area contributed by atoms with Gasteiger partial charge < -0.3 is 10.2 Å². The Hall–Kier alpha value is -0.570. The van der Waals surface area contributed by atoms with Gasteiger partial charge in [-0.15, -0.1) is 0 Å². The molecule has 1 heterocycles. The monoisotopic (exact) mass is 182 g/mol. The normalized spacial score (nSPS) is 35.7. The molecular formula is C10H18N2O. The van der Waals surface area contributed by atoms with Gasteiger partial charge >= 0.3 is 0 Å². The van der Waals surface area contributed by atoms with Crippen LogP contribution in [-0.4, -0.2) is 37.0 Å². The van der Waals surface area contributed by atoms with E-state index in [4.69, 9.17) is 0 Å². The molecule has 0 spiro atoms. The number of amides is 1. The van der Waals surface area contributed by atoms with Gasteiger partial charge in [0.15, 0.2) is 0 Å². The van der Waals surface area contributed by atoms with E-state index < -0.39 is 0 Å². The number of nitrogens with one attached hydrogen (secondary N) is 1. The van der Waals surface area contributed by atoms with Gasteiger partial charge in [-0.3, -0.25) is 4.79 Å². The van der Waals surface area contributed by atoms with Crippen molar-refractivity contribution in [3.63, 3.8) is 0 Å². The van der Waals surface area contributed by atoms with Crippen LogP contribution < -0.4 is 5.32 Å². The second-order valence-electron chi connectivity index (χ2n) is 4.21. The molecule has 2 rings (SSSR count). The number of hydrogen-bond donors (Lipinski definition) is 1. The summed E-state index contributed by atoms with van der Waals surface area (Å²) >= 11 is 0. The Morgan fingerprint density at radius 2 is 2.08 bits per heavy atom. The number of rotatable bonds is 3. The first-order chi connectivity index (χ1) is 6.24. The van der Waals surface area contributed by atoms with Crippen molar-refractivity contribution >= 4 is 5.91 Å². The Labute approximate surface area is 79.5 Å². The Bertz CT molecular complexity index is 207.